The predicted molar refractivity (Wildman–Crippen MR) is 71.8 cm³/mol. The second-order valence-corrected chi connectivity index (χ2v) is 4.13. The number of hydrogen-bond donors (Lipinski definition) is 1. The van der Waals surface area contributed by atoms with Gasteiger partial charge in [-0.05, 0) is 36.2 Å². The van der Waals surface area contributed by atoms with Gasteiger partial charge in [-0.15, -0.1) is 0 Å². The molecule has 2 N–H and O–H groups in total. The molecule has 0 bridgehead atoms. The molecule has 0 aromatic heterocycles. The third-order valence-electron chi connectivity index (χ3n) is 2.81. The van der Waals surface area contributed by atoms with Gasteiger partial charge >= 0.3 is 0 Å². The lowest BCUT2D eigenvalue weighted by Crippen LogP contribution is -2.00. The number of nitrogen functional groups attached to an aromatic ring is 1. The van der Waals surface area contributed by atoms with E-state index in [1.807, 2.05) is 31.2 Å². The number of anilines is 1. The van der Waals surface area contributed by atoms with Crippen LogP contribution in [0.5, 0.6) is 5.75 Å². The maximum absolute atomic E-state index is 10.6. The Labute approximate surface area is 106 Å². The Kier molecular flexibility index (Phi) is 3.63. The molecule has 2 aromatic carbocycles. The summed E-state index contributed by atoms with van der Waals surface area (Å²) >= 11 is 0. The molecule has 0 aliphatic carbocycles. The largest absolute Gasteiger partial charge is 0.487 e. The van der Waals surface area contributed by atoms with E-state index >= 15 is 0 Å². The number of aryl methyl sites for hydroxylation is 1. The predicted octanol–water partition coefficient (Wildman–Crippen LogP) is 2.97. The number of carbonyl (C=O) groups is 1. The number of carbonyl (C=O) groups excluding carboxylic acids is 1. The summed E-state index contributed by atoms with van der Waals surface area (Å²) in [6.07, 6.45) is 0.765. The van der Waals surface area contributed by atoms with Crippen LogP contribution in [0.4, 0.5) is 5.69 Å². The highest BCUT2D eigenvalue weighted by atomic mass is 16.5. The molecule has 3 heteroatoms. The second-order valence-electron chi connectivity index (χ2n) is 4.13. The summed E-state index contributed by atoms with van der Waals surface area (Å²) in [5.74, 6) is 0.601. The van der Waals surface area contributed by atoms with Crippen LogP contribution in [0.15, 0.2) is 42.5 Å². The van der Waals surface area contributed by atoms with E-state index in [-0.39, 0.29) is 0 Å². The van der Waals surface area contributed by atoms with Crippen LogP contribution in [0, 0.1) is 6.92 Å². The first-order chi connectivity index (χ1) is 8.70. The Hall–Kier alpha value is -2.29. The van der Waals surface area contributed by atoms with Crippen molar-refractivity contribution in [1.82, 2.24) is 0 Å². The minimum Gasteiger partial charge on any atom is -0.487 e. The molecule has 0 aliphatic rings. The fourth-order valence-electron chi connectivity index (χ4n) is 1.70. The highest BCUT2D eigenvalue weighted by Gasteiger charge is 2.03. The summed E-state index contributed by atoms with van der Waals surface area (Å²) in [6.45, 7) is 2.51. The van der Waals surface area contributed by atoms with Gasteiger partial charge < -0.3 is 10.5 Å². The van der Waals surface area contributed by atoms with Crippen LogP contribution in [-0.2, 0) is 6.61 Å². The molecule has 0 radical (unpaired) electrons. The van der Waals surface area contributed by atoms with Gasteiger partial charge in [0.05, 0.1) is 5.69 Å². The van der Waals surface area contributed by atoms with Crippen LogP contribution in [0.3, 0.4) is 0 Å². The summed E-state index contributed by atoms with van der Waals surface area (Å²) in [7, 11) is 0. The van der Waals surface area contributed by atoms with Gasteiger partial charge in [0.15, 0.2) is 0 Å². The van der Waals surface area contributed by atoms with Gasteiger partial charge in [-0.1, -0.05) is 24.3 Å². The smallest absolute Gasteiger partial charge is 0.150 e. The second kappa shape index (κ2) is 5.36. The van der Waals surface area contributed by atoms with Crippen molar-refractivity contribution >= 4 is 12.0 Å². The Bertz CT molecular complexity index is 564. The highest BCUT2D eigenvalue weighted by Crippen LogP contribution is 2.23. The summed E-state index contributed by atoms with van der Waals surface area (Å²) < 4.78 is 5.66. The molecule has 0 unspecified atom stereocenters. The molecule has 3 nitrogen and oxygen atoms in total. The summed E-state index contributed by atoms with van der Waals surface area (Å²) in [6, 6.07) is 13.0. The van der Waals surface area contributed by atoms with Crippen LogP contribution in [0.25, 0.3) is 0 Å². The minimum atomic E-state index is 0.470. The number of ether oxygens (including phenoxy) is 1. The molecule has 0 fully saturated rings. The van der Waals surface area contributed by atoms with E-state index in [0.717, 1.165) is 11.8 Å². The number of hydrogen-bond acceptors (Lipinski definition) is 3. The molecule has 18 heavy (non-hydrogen) atoms. The lowest BCUT2D eigenvalue weighted by molar-refractivity contribution is 0.112. The van der Waals surface area contributed by atoms with Gasteiger partial charge in [0.2, 0.25) is 0 Å². The Morgan fingerprint density at radius 3 is 2.67 bits per heavy atom. The van der Waals surface area contributed by atoms with Crippen molar-refractivity contribution in [2.45, 2.75) is 13.5 Å². The maximum atomic E-state index is 10.6. The summed E-state index contributed by atoms with van der Waals surface area (Å²) in [5, 5.41) is 0. The van der Waals surface area contributed by atoms with Crippen LogP contribution in [-0.4, -0.2) is 6.29 Å². The van der Waals surface area contributed by atoms with E-state index in [1.165, 1.54) is 5.56 Å². The zero-order valence-electron chi connectivity index (χ0n) is 10.2. The molecule has 92 valence electrons. The third kappa shape index (κ3) is 2.69. The van der Waals surface area contributed by atoms with Crippen molar-refractivity contribution in [3.8, 4) is 5.75 Å². The fourth-order valence-corrected chi connectivity index (χ4v) is 1.70. The number of aldehydes is 1. The number of benzene rings is 2. The number of rotatable bonds is 4. The molecule has 0 amide bonds. The van der Waals surface area contributed by atoms with E-state index < -0.39 is 0 Å². The molecule has 2 aromatic rings. The van der Waals surface area contributed by atoms with Crippen LogP contribution in [0.2, 0.25) is 0 Å². The van der Waals surface area contributed by atoms with Crippen LogP contribution >= 0.6 is 0 Å². The van der Waals surface area contributed by atoms with Crippen LogP contribution < -0.4 is 10.5 Å². The lowest BCUT2D eigenvalue weighted by atomic mass is 10.1. The SMILES string of the molecule is Cc1ccccc1COc1ccc(C=O)cc1N. The van der Waals surface area contributed by atoms with Crippen LogP contribution in [0.1, 0.15) is 21.5 Å². The molecule has 0 atom stereocenters. The van der Waals surface area contributed by atoms with E-state index in [0.29, 0.717) is 23.6 Å². The average molecular weight is 241 g/mol. The van der Waals surface area contributed by atoms with E-state index in [9.17, 15) is 4.79 Å². The minimum absolute atomic E-state index is 0.470. The molecule has 0 spiro atoms. The summed E-state index contributed by atoms with van der Waals surface area (Å²) in [4.78, 5) is 10.6. The quantitative estimate of drug-likeness (QED) is 0.661. The average Bonchev–Trinajstić information content (AvgIpc) is 2.39. The van der Waals surface area contributed by atoms with Gasteiger partial charge in [-0.25, -0.2) is 0 Å². The summed E-state index contributed by atoms with van der Waals surface area (Å²) in [5.41, 5.74) is 9.15. The molecular formula is C15H15NO2. The molecule has 0 heterocycles. The molecule has 2 rings (SSSR count). The molecule has 0 saturated carbocycles. The Morgan fingerprint density at radius 1 is 1.22 bits per heavy atom. The zero-order chi connectivity index (χ0) is 13.0. The van der Waals surface area contributed by atoms with Crippen molar-refractivity contribution in [3.05, 3.63) is 59.2 Å². The van der Waals surface area contributed by atoms with Gasteiger partial charge in [0, 0.05) is 5.56 Å². The van der Waals surface area contributed by atoms with E-state index in [4.69, 9.17) is 10.5 Å². The highest BCUT2D eigenvalue weighted by molar-refractivity contribution is 5.78. The van der Waals surface area contributed by atoms with Gasteiger partial charge in [0.1, 0.15) is 18.6 Å². The van der Waals surface area contributed by atoms with Crippen molar-refractivity contribution in [2.75, 3.05) is 5.73 Å². The van der Waals surface area contributed by atoms with Gasteiger partial charge in [0.25, 0.3) is 0 Å². The normalized spacial score (nSPS) is 10.1. The molecular weight excluding hydrogens is 226 g/mol. The van der Waals surface area contributed by atoms with Crippen molar-refractivity contribution in [1.29, 1.82) is 0 Å². The van der Waals surface area contributed by atoms with Gasteiger partial charge in [-0.3, -0.25) is 4.79 Å². The van der Waals surface area contributed by atoms with Crippen molar-refractivity contribution in [3.63, 3.8) is 0 Å². The first-order valence-electron chi connectivity index (χ1n) is 5.72. The van der Waals surface area contributed by atoms with Gasteiger partial charge in [-0.2, -0.15) is 0 Å². The third-order valence-corrected chi connectivity index (χ3v) is 2.81. The lowest BCUT2D eigenvalue weighted by Gasteiger charge is -2.10. The Balaban J connectivity index is 2.11. The van der Waals surface area contributed by atoms with Crippen molar-refractivity contribution in [2.24, 2.45) is 0 Å². The molecule has 0 aliphatic heterocycles. The topological polar surface area (TPSA) is 52.3 Å². The van der Waals surface area contributed by atoms with E-state index in [1.54, 1.807) is 18.2 Å². The first-order valence-corrected chi connectivity index (χ1v) is 5.72. The number of nitrogens with two attached hydrogens (primary N) is 1. The maximum Gasteiger partial charge on any atom is 0.150 e. The first kappa shape index (κ1) is 12.2. The monoisotopic (exact) mass is 241 g/mol. The molecule has 0 saturated heterocycles. The standard InChI is InChI=1S/C15H15NO2/c1-11-4-2-3-5-13(11)10-18-15-7-6-12(9-17)8-14(15)16/h2-9H,10,16H2,1H3. The van der Waals surface area contributed by atoms with Crippen molar-refractivity contribution < 1.29 is 9.53 Å². The Morgan fingerprint density at radius 2 is 2.00 bits per heavy atom. The zero-order valence-corrected chi connectivity index (χ0v) is 10.2. The fraction of sp³-hybridized carbons (Fsp3) is 0.133. The van der Waals surface area contributed by atoms with E-state index in [2.05, 4.69) is 0 Å².